The number of nitrogens with two attached hydrogens (primary N) is 1. The van der Waals surface area contributed by atoms with E-state index in [0.29, 0.717) is 80.8 Å². The number of hydrogen-bond donors (Lipinski definition) is 5. The Morgan fingerprint density at radius 2 is 1.78 bits per heavy atom. The van der Waals surface area contributed by atoms with E-state index in [9.17, 15) is 4.79 Å². The molecular formula is C44H67N7O6S. The third kappa shape index (κ3) is 13.5. The minimum absolute atomic E-state index is 0.127. The molecule has 320 valence electrons. The summed E-state index contributed by atoms with van der Waals surface area (Å²) in [5, 5.41) is 17.9. The van der Waals surface area contributed by atoms with Crippen molar-refractivity contribution >= 4 is 35.1 Å². The zero-order chi connectivity index (χ0) is 41.1. The molecule has 2 aromatic carbocycles. The van der Waals surface area contributed by atoms with E-state index in [1.807, 2.05) is 48.2 Å². The van der Waals surface area contributed by atoms with Gasteiger partial charge in [-0.3, -0.25) is 9.89 Å². The van der Waals surface area contributed by atoms with Gasteiger partial charge in [-0.2, -0.15) is 16.9 Å². The van der Waals surface area contributed by atoms with Crippen LogP contribution in [0.15, 0.2) is 41.4 Å². The van der Waals surface area contributed by atoms with Gasteiger partial charge in [0.15, 0.2) is 23.3 Å². The number of nitrogens with one attached hydrogen (secondary N) is 4. The zero-order valence-corrected chi connectivity index (χ0v) is 36.1. The van der Waals surface area contributed by atoms with E-state index in [1.54, 1.807) is 14.2 Å². The Bertz CT molecular complexity index is 1740. The molecule has 0 bridgehead atoms. The second-order valence-corrected chi connectivity index (χ2v) is 16.6. The minimum Gasteiger partial charge on any atom is -0.493 e. The molecule has 1 aromatic heterocycles. The highest BCUT2D eigenvalue weighted by atomic mass is 32.2. The molecule has 0 saturated carbocycles. The topological polar surface area (TPSA) is 166 Å². The first kappa shape index (κ1) is 45.0. The van der Waals surface area contributed by atoms with Gasteiger partial charge in [0.2, 0.25) is 5.91 Å². The predicted octanol–water partition coefficient (Wildman–Crippen LogP) is 7.60. The van der Waals surface area contributed by atoms with E-state index in [2.05, 4.69) is 51.9 Å². The second-order valence-electron chi connectivity index (χ2n) is 15.3. The van der Waals surface area contributed by atoms with Crippen LogP contribution >= 0.6 is 11.8 Å². The number of H-pyrrole nitrogens is 1. The highest BCUT2D eigenvalue weighted by Gasteiger charge is 2.40. The summed E-state index contributed by atoms with van der Waals surface area (Å²) in [5.74, 6) is 5.65. The lowest BCUT2D eigenvalue weighted by molar-refractivity contribution is -0.121. The number of ether oxygens (including phenoxy) is 5. The van der Waals surface area contributed by atoms with Gasteiger partial charge >= 0.3 is 0 Å². The standard InChI is InChI=1S/C36H49N7O6S.C8H18/c1-45-29-19-23-18-27-33(26(23)21-30(29)46-2)42-43-35(27)39-24-8-7-9-25(20-24)49-17-16-48-15-14-47-13-6-5-12-38-32(44)11-4-3-10-31-34-28(22-50-31)40-36(37)41-34;1-4-6-7-8(3)5-2/h7-9,19-21,28,31,34H,3-6,10-18,22H2,1-2H3,(H,38,44)(H3,37,40,41)(H2,39,42,43);8H,4-7H2,1-3H3. The van der Waals surface area contributed by atoms with E-state index < -0.39 is 0 Å². The largest absolute Gasteiger partial charge is 0.493 e. The number of aromatic nitrogens is 2. The molecule has 0 radical (unpaired) electrons. The van der Waals surface area contributed by atoms with Gasteiger partial charge in [0.25, 0.3) is 0 Å². The lowest BCUT2D eigenvalue weighted by Gasteiger charge is -2.14. The maximum atomic E-state index is 12.2. The second kappa shape index (κ2) is 24.1. The van der Waals surface area contributed by atoms with E-state index >= 15 is 0 Å². The fourth-order valence-corrected chi connectivity index (χ4v) is 8.87. The van der Waals surface area contributed by atoms with Crippen molar-refractivity contribution in [3.63, 3.8) is 0 Å². The van der Waals surface area contributed by atoms with Gasteiger partial charge < -0.3 is 45.4 Å². The van der Waals surface area contributed by atoms with Gasteiger partial charge in [0, 0.05) is 59.9 Å². The fraction of sp³-hybridized carbons (Fsp3) is 0.614. The summed E-state index contributed by atoms with van der Waals surface area (Å²) >= 11 is 1.97. The Morgan fingerprint density at radius 3 is 2.57 bits per heavy atom. The normalized spacial score (nSPS) is 17.9. The van der Waals surface area contributed by atoms with Crippen molar-refractivity contribution in [3.05, 3.63) is 47.5 Å². The van der Waals surface area contributed by atoms with Crippen LogP contribution in [-0.4, -0.2) is 98.9 Å². The van der Waals surface area contributed by atoms with Crippen LogP contribution in [0, 0.1) is 5.92 Å². The molecule has 0 spiro atoms. The summed E-state index contributed by atoms with van der Waals surface area (Å²) in [6, 6.07) is 12.5. The van der Waals surface area contributed by atoms with E-state index in [0.717, 1.165) is 89.8 Å². The van der Waals surface area contributed by atoms with Crippen molar-refractivity contribution in [1.82, 2.24) is 20.8 Å². The Morgan fingerprint density at radius 1 is 0.983 bits per heavy atom. The first-order valence-corrected chi connectivity index (χ1v) is 22.3. The molecule has 13 nitrogen and oxygen atoms in total. The van der Waals surface area contributed by atoms with Crippen LogP contribution in [0.2, 0.25) is 0 Å². The van der Waals surface area contributed by atoms with Crippen LogP contribution in [0.4, 0.5) is 11.5 Å². The number of aliphatic imine (C=N–C) groups is 1. The number of hydrogen-bond acceptors (Lipinski definition) is 12. The Labute approximate surface area is 349 Å². The van der Waals surface area contributed by atoms with Crippen molar-refractivity contribution in [2.24, 2.45) is 16.6 Å². The van der Waals surface area contributed by atoms with E-state index in [1.165, 1.54) is 25.7 Å². The molecule has 2 aliphatic heterocycles. The summed E-state index contributed by atoms with van der Waals surface area (Å²) < 4.78 is 28.2. The Balaban J connectivity index is 0.000000725. The summed E-state index contributed by atoms with van der Waals surface area (Å²) in [4.78, 5) is 16.7. The number of fused-ring (bicyclic) bond motifs is 4. The van der Waals surface area contributed by atoms with Gasteiger partial charge in [-0.05, 0) is 61.4 Å². The predicted molar refractivity (Wildman–Crippen MR) is 235 cm³/mol. The lowest BCUT2D eigenvalue weighted by atomic mass is 10.0. The molecule has 4 unspecified atom stereocenters. The third-order valence-electron chi connectivity index (χ3n) is 10.9. The molecule has 3 aliphatic rings. The number of nitrogens with zero attached hydrogens (tertiary/aromatic N) is 2. The molecule has 14 heteroatoms. The first-order valence-electron chi connectivity index (χ1n) is 21.3. The van der Waals surface area contributed by atoms with Gasteiger partial charge in [0.1, 0.15) is 12.4 Å². The molecule has 3 aromatic rings. The summed E-state index contributed by atoms with van der Waals surface area (Å²) in [6.07, 6.45) is 11.7. The number of carbonyl (C=O) groups is 1. The SMILES string of the molecule is CCCCC(C)CC.COc1cc2c(cc1OC)-c1[nH]nc(Nc3cccc(OCCOCCOCCCCNC(=O)CCCCC4SCC5NC(N)=NC54)c3)c1C2. The number of rotatable bonds is 25. The zero-order valence-electron chi connectivity index (χ0n) is 35.3. The van der Waals surface area contributed by atoms with Gasteiger partial charge in [-0.25, -0.2) is 4.99 Å². The molecule has 1 aliphatic carbocycles. The highest BCUT2D eigenvalue weighted by molar-refractivity contribution is 8.00. The molecule has 58 heavy (non-hydrogen) atoms. The molecule has 1 saturated heterocycles. The Hall–Kier alpha value is -4.14. The summed E-state index contributed by atoms with van der Waals surface area (Å²) in [6.45, 7) is 10.1. The van der Waals surface area contributed by atoms with Crippen molar-refractivity contribution < 1.29 is 28.5 Å². The number of carbonyl (C=O) groups excluding carboxylic acids is 1. The monoisotopic (exact) mass is 821 g/mol. The maximum Gasteiger partial charge on any atom is 0.219 e. The average Bonchev–Trinajstić information content (AvgIpc) is 4.00. The van der Waals surface area contributed by atoms with Crippen LogP contribution in [0.1, 0.15) is 96.1 Å². The number of amides is 1. The molecule has 1 amide bonds. The number of benzene rings is 2. The van der Waals surface area contributed by atoms with Gasteiger partial charge in [-0.1, -0.05) is 58.9 Å². The lowest BCUT2D eigenvalue weighted by Crippen LogP contribution is -2.38. The van der Waals surface area contributed by atoms with Crippen LogP contribution in [0.3, 0.4) is 0 Å². The third-order valence-corrected chi connectivity index (χ3v) is 12.4. The van der Waals surface area contributed by atoms with E-state index in [4.69, 9.17) is 29.4 Å². The first-order chi connectivity index (χ1) is 28.3. The van der Waals surface area contributed by atoms with Crippen molar-refractivity contribution in [3.8, 4) is 28.5 Å². The number of aromatic amines is 1. The van der Waals surface area contributed by atoms with Crippen molar-refractivity contribution in [1.29, 1.82) is 0 Å². The van der Waals surface area contributed by atoms with Gasteiger partial charge in [-0.15, -0.1) is 0 Å². The van der Waals surface area contributed by atoms with Crippen LogP contribution in [0.25, 0.3) is 11.3 Å². The van der Waals surface area contributed by atoms with Crippen LogP contribution < -0.4 is 35.9 Å². The van der Waals surface area contributed by atoms with Crippen LogP contribution in [0.5, 0.6) is 17.2 Å². The van der Waals surface area contributed by atoms with Crippen molar-refractivity contribution in [2.75, 3.05) is 64.9 Å². The smallest absolute Gasteiger partial charge is 0.219 e. The number of methoxy groups -OCH3 is 2. The number of guanidine groups is 1. The molecule has 3 heterocycles. The van der Waals surface area contributed by atoms with Crippen LogP contribution in [-0.2, 0) is 20.7 Å². The average molecular weight is 822 g/mol. The molecular weight excluding hydrogens is 755 g/mol. The molecule has 6 N–H and O–H groups in total. The highest BCUT2D eigenvalue weighted by Crippen LogP contribution is 2.44. The van der Waals surface area contributed by atoms with Crippen molar-refractivity contribution in [2.45, 2.75) is 109 Å². The van der Waals surface area contributed by atoms with E-state index in [-0.39, 0.29) is 5.91 Å². The molecule has 1 fully saturated rings. The number of thioether (sulfide) groups is 1. The Kier molecular flexibility index (Phi) is 18.7. The quantitative estimate of drug-likeness (QED) is 0.0418. The molecule has 4 atom stereocenters. The number of anilines is 2. The minimum atomic E-state index is 0.127. The maximum absolute atomic E-state index is 12.2. The summed E-state index contributed by atoms with van der Waals surface area (Å²) in [5.41, 5.74) is 11.0. The number of unbranched alkanes of at least 4 members (excludes halogenated alkanes) is 3. The fourth-order valence-electron chi connectivity index (χ4n) is 7.35. The summed E-state index contributed by atoms with van der Waals surface area (Å²) in [7, 11) is 3.28. The molecule has 6 rings (SSSR count). The van der Waals surface area contributed by atoms with Gasteiger partial charge in [0.05, 0.1) is 51.8 Å².